The lowest BCUT2D eigenvalue weighted by Crippen LogP contribution is -2.28. The van der Waals surface area contributed by atoms with E-state index in [1.165, 1.54) is 0 Å². The van der Waals surface area contributed by atoms with E-state index in [2.05, 4.69) is 17.6 Å². The van der Waals surface area contributed by atoms with Crippen molar-refractivity contribution < 1.29 is 9.90 Å². The fraction of sp³-hybridized carbons (Fsp3) is 0.417. The van der Waals surface area contributed by atoms with Gasteiger partial charge in [-0.15, -0.1) is 0 Å². The molecule has 0 aliphatic carbocycles. The van der Waals surface area contributed by atoms with Crippen LogP contribution in [-0.2, 0) is 11.4 Å². The lowest BCUT2D eigenvalue weighted by molar-refractivity contribution is -0.115. The molecule has 0 saturated heterocycles. The molecule has 88 valence electrons. The minimum absolute atomic E-state index is 0.0161. The summed E-state index contributed by atoms with van der Waals surface area (Å²) >= 11 is 0. The molecule has 4 nitrogen and oxygen atoms in total. The molecule has 1 aromatic rings. The second-order valence-corrected chi connectivity index (χ2v) is 3.58. The molecule has 1 amide bonds. The molecule has 4 heteroatoms. The third-order valence-electron chi connectivity index (χ3n) is 2.11. The van der Waals surface area contributed by atoms with Gasteiger partial charge in [0, 0.05) is 5.69 Å². The van der Waals surface area contributed by atoms with Crippen molar-refractivity contribution in [2.24, 2.45) is 0 Å². The number of nitrogens with one attached hydrogen (secondary N) is 2. The van der Waals surface area contributed by atoms with Crippen LogP contribution in [0, 0.1) is 0 Å². The summed E-state index contributed by atoms with van der Waals surface area (Å²) in [7, 11) is 0. The first-order valence-corrected chi connectivity index (χ1v) is 5.46. The molecule has 0 bridgehead atoms. The van der Waals surface area contributed by atoms with Crippen molar-refractivity contribution in [3.8, 4) is 0 Å². The third-order valence-corrected chi connectivity index (χ3v) is 2.11. The first-order chi connectivity index (χ1) is 7.76. The van der Waals surface area contributed by atoms with Crippen LogP contribution < -0.4 is 10.6 Å². The van der Waals surface area contributed by atoms with Gasteiger partial charge in [0.15, 0.2) is 0 Å². The Hall–Kier alpha value is -1.39. The highest BCUT2D eigenvalue weighted by Gasteiger charge is 2.01. The highest BCUT2D eigenvalue weighted by molar-refractivity contribution is 5.92. The van der Waals surface area contributed by atoms with E-state index in [1.54, 1.807) is 18.2 Å². The summed E-state index contributed by atoms with van der Waals surface area (Å²) in [5, 5.41) is 14.7. The maximum atomic E-state index is 11.5. The van der Waals surface area contributed by atoms with Gasteiger partial charge in [0.05, 0.1) is 13.2 Å². The van der Waals surface area contributed by atoms with E-state index in [1.807, 2.05) is 6.07 Å². The Morgan fingerprint density at radius 3 is 2.94 bits per heavy atom. The standard InChI is InChI=1S/C12H18N2O2/c1-2-6-13-8-12(16)14-11-5-3-4-10(7-11)9-15/h3-5,7,13,15H,2,6,8-9H2,1H3,(H,14,16). The zero-order valence-electron chi connectivity index (χ0n) is 9.49. The lowest BCUT2D eigenvalue weighted by atomic mass is 10.2. The third kappa shape index (κ3) is 4.42. The molecular formula is C12H18N2O2. The summed E-state index contributed by atoms with van der Waals surface area (Å²) < 4.78 is 0. The van der Waals surface area contributed by atoms with E-state index in [-0.39, 0.29) is 12.5 Å². The average molecular weight is 222 g/mol. The van der Waals surface area contributed by atoms with Gasteiger partial charge in [-0.3, -0.25) is 4.79 Å². The van der Waals surface area contributed by atoms with Gasteiger partial charge in [-0.25, -0.2) is 0 Å². The minimum Gasteiger partial charge on any atom is -0.392 e. The smallest absolute Gasteiger partial charge is 0.238 e. The van der Waals surface area contributed by atoms with Gasteiger partial charge in [-0.2, -0.15) is 0 Å². The van der Waals surface area contributed by atoms with Gasteiger partial charge >= 0.3 is 0 Å². The number of carbonyl (C=O) groups is 1. The van der Waals surface area contributed by atoms with Crippen LogP contribution in [-0.4, -0.2) is 24.1 Å². The normalized spacial score (nSPS) is 10.1. The van der Waals surface area contributed by atoms with Gasteiger partial charge in [-0.05, 0) is 30.7 Å². The molecule has 1 aromatic carbocycles. The molecule has 0 heterocycles. The number of anilines is 1. The van der Waals surface area contributed by atoms with Crippen LogP contribution >= 0.6 is 0 Å². The van der Waals surface area contributed by atoms with E-state index < -0.39 is 0 Å². The zero-order valence-corrected chi connectivity index (χ0v) is 9.49. The molecule has 0 fully saturated rings. The Labute approximate surface area is 95.7 Å². The molecule has 0 aromatic heterocycles. The Morgan fingerprint density at radius 2 is 2.25 bits per heavy atom. The van der Waals surface area contributed by atoms with E-state index in [0.29, 0.717) is 6.54 Å². The van der Waals surface area contributed by atoms with Crippen molar-refractivity contribution in [2.45, 2.75) is 20.0 Å². The van der Waals surface area contributed by atoms with Crippen molar-refractivity contribution >= 4 is 11.6 Å². The lowest BCUT2D eigenvalue weighted by Gasteiger charge is -2.07. The summed E-state index contributed by atoms with van der Waals surface area (Å²) in [6.45, 7) is 3.19. The van der Waals surface area contributed by atoms with Crippen molar-refractivity contribution in [1.82, 2.24) is 5.32 Å². The van der Waals surface area contributed by atoms with Crippen LogP contribution in [0.4, 0.5) is 5.69 Å². The average Bonchev–Trinajstić information content (AvgIpc) is 2.29. The maximum absolute atomic E-state index is 11.5. The molecule has 1 rings (SSSR count). The number of benzene rings is 1. The molecular weight excluding hydrogens is 204 g/mol. The van der Waals surface area contributed by atoms with Gasteiger partial charge in [0.1, 0.15) is 0 Å². The van der Waals surface area contributed by atoms with Gasteiger partial charge in [-0.1, -0.05) is 19.1 Å². The highest BCUT2D eigenvalue weighted by atomic mass is 16.3. The quantitative estimate of drug-likeness (QED) is 0.632. The van der Waals surface area contributed by atoms with Crippen molar-refractivity contribution in [2.75, 3.05) is 18.4 Å². The molecule has 0 spiro atoms. The Balaban J connectivity index is 2.43. The second kappa shape index (κ2) is 6.98. The molecule has 0 unspecified atom stereocenters. The van der Waals surface area contributed by atoms with Crippen LogP contribution in [0.1, 0.15) is 18.9 Å². The molecule has 0 aliphatic heterocycles. The van der Waals surface area contributed by atoms with E-state index >= 15 is 0 Å². The Bertz CT molecular complexity index is 340. The predicted octanol–water partition coefficient (Wildman–Crippen LogP) is 1.12. The fourth-order valence-corrected chi connectivity index (χ4v) is 1.33. The van der Waals surface area contributed by atoms with Crippen molar-refractivity contribution in [1.29, 1.82) is 0 Å². The fourth-order valence-electron chi connectivity index (χ4n) is 1.33. The number of hydrogen-bond acceptors (Lipinski definition) is 3. The van der Waals surface area contributed by atoms with E-state index in [0.717, 1.165) is 24.2 Å². The minimum atomic E-state index is -0.0662. The summed E-state index contributed by atoms with van der Waals surface area (Å²) in [6, 6.07) is 7.18. The summed E-state index contributed by atoms with van der Waals surface area (Å²) in [4.78, 5) is 11.5. The van der Waals surface area contributed by atoms with Crippen LogP contribution in [0.3, 0.4) is 0 Å². The van der Waals surface area contributed by atoms with E-state index in [9.17, 15) is 4.79 Å². The molecule has 0 saturated carbocycles. The monoisotopic (exact) mass is 222 g/mol. The van der Waals surface area contributed by atoms with Gasteiger partial charge in [0.25, 0.3) is 0 Å². The predicted molar refractivity (Wildman–Crippen MR) is 64.2 cm³/mol. The SMILES string of the molecule is CCCNCC(=O)Nc1cccc(CO)c1. The van der Waals surface area contributed by atoms with Crippen LogP contribution in [0.25, 0.3) is 0 Å². The summed E-state index contributed by atoms with van der Waals surface area (Å²) in [5.41, 5.74) is 1.51. The highest BCUT2D eigenvalue weighted by Crippen LogP contribution is 2.10. The van der Waals surface area contributed by atoms with Crippen LogP contribution in [0.15, 0.2) is 24.3 Å². The largest absolute Gasteiger partial charge is 0.392 e. The Morgan fingerprint density at radius 1 is 1.44 bits per heavy atom. The molecule has 3 N–H and O–H groups in total. The number of amides is 1. The van der Waals surface area contributed by atoms with Gasteiger partial charge < -0.3 is 15.7 Å². The first-order valence-electron chi connectivity index (χ1n) is 5.46. The molecule has 0 aliphatic rings. The number of aliphatic hydroxyl groups excluding tert-OH is 1. The number of carbonyl (C=O) groups excluding carboxylic acids is 1. The first kappa shape index (κ1) is 12.7. The number of aliphatic hydroxyl groups is 1. The van der Waals surface area contributed by atoms with Crippen LogP contribution in [0.2, 0.25) is 0 Å². The van der Waals surface area contributed by atoms with Crippen molar-refractivity contribution in [3.63, 3.8) is 0 Å². The maximum Gasteiger partial charge on any atom is 0.238 e. The zero-order chi connectivity index (χ0) is 11.8. The van der Waals surface area contributed by atoms with E-state index in [4.69, 9.17) is 5.11 Å². The Kier molecular flexibility index (Phi) is 5.53. The van der Waals surface area contributed by atoms with Gasteiger partial charge in [0.2, 0.25) is 5.91 Å². The number of hydrogen-bond donors (Lipinski definition) is 3. The molecule has 0 radical (unpaired) electrons. The summed E-state index contributed by atoms with van der Waals surface area (Å²) in [6.07, 6.45) is 1.01. The van der Waals surface area contributed by atoms with Crippen LogP contribution in [0.5, 0.6) is 0 Å². The second-order valence-electron chi connectivity index (χ2n) is 3.58. The number of rotatable bonds is 6. The summed E-state index contributed by atoms with van der Waals surface area (Å²) in [5.74, 6) is -0.0662. The topological polar surface area (TPSA) is 61.4 Å². The molecule has 16 heavy (non-hydrogen) atoms. The van der Waals surface area contributed by atoms with Crippen molar-refractivity contribution in [3.05, 3.63) is 29.8 Å². The molecule has 0 atom stereocenters.